The molecule has 5 heterocycles. The van der Waals surface area contributed by atoms with Gasteiger partial charge in [-0.05, 0) is 97.3 Å². The lowest BCUT2D eigenvalue weighted by molar-refractivity contribution is -0.133. The van der Waals surface area contributed by atoms with Crippen molar-refractivity contribution < 1.29 is 4.79 Å². The van der Waals surface area contributed by atoms with E-state index < -0.39 is 0 Å². The number of benzene rings is 1. The molecule has 2 atom stereocenters. The Morgan fingerprint density at radius 2 is 2.03 bits per heavy atom. The van der Waals surface area contributed by atoms with Gasteiger partial charge in [-0.15, -0.1) is 0 Å². The van der Waals surface area contributed by atoms with Crippen molar-refractivity contribution >= 4 is 16.9 Å². The number of hydrogen-bond acceptors (Lipinski definition) is 4. The Morgan fingerprint density at radius 1 is 1.17 bits per heavy atom. The quantitative estimate of drug-likeness (QED) is 0.443. The molecule has 1 unspecified atom stereocenters. The van der Waals surface area contributed by atoms with Gasteiger partial charge in [0.05, 0.1) is 5.92 Å². The molecule has 1 fully saturated rings. The topological polar surface area (TPSA) is 73.9 Å². The van der Waals surface area contributed by atoms with Crippen LogP contribution in [0.25, 0.3) is 22.2 Å². The summed E-state index contributed by atoms with van der Waals surface area (Å²) in [6.45, 7) is 6.58. The van der Waals surface area contributed by atoms with E-state index in [0.717, 1.165) is 42.7 Å². The third kappa shape index (κ3) is 4.02. The van der Waals surface area contributed by atoms with Crippen molar-refractivity contribution in [3.63, 3.8) is 0 Å². The fourth-order valence-electron chi connectivity index (χ4n) is 5.67. The molecular formula is C29H31N5O. The van der Waals surface area contributed by atoms with Gasteiger partial charge >= 0.3 is 0 Å². The van der Waals surface area contributed by atoms with Gasteiger partial charge < -0.3 is 15.2 Å². The van der Waals surface area contributed by atoms with Crippen LogP contribution < -0.4 is 5.32 Å². The standard InChI is InChI=1S/C29H31N5O/c1-18-15-32-28-24(18)14-23(16-33-28)22-12-21-7-11-34(29(35)19(2)20-5-9-30-10-6-20)17-26(21)25(13-22)27-4-3-8-31-27/h5-6,9-10,12-16,19,27,31H,3-4,7-8,11,17H2,1-2H3,(H,32,33)/t19?,27-/m0/s1. The van der Waals surface area contributed by atoms with E-state index in [1.165, 1.54) is 39.6 Å². The molecule has 4 aromatic rings. The van der Waals surface area contributed by atoms with E-state index in [9.17, 15) is 4.79 Å². The van der Waals surface area contributed by atoms with Gasteiger partial charge in [0.25, 0.3) is 0 Å². The Kier molecular flexibility index (Phi) is 5.61. The summed E-state index contributed by atoms with van der Waals surface area (Å²) in [5.74, 6) is 0.0168. The number of H-pyrrole nitrogens is 1. The molecule has 6 nitrogen and oxygen atoms in total. The lowest BCUT2D eigenvalue weighted by Crippen LogP contribution is -2.39. The molecule has 2 aliphatic rings. The molecule has 1 amide bonds. The SMILES string of the molecule is Cc1c[nH]c2ncc(-c3cc4c(c([C@@H]5CCCN5)c3)CN(C(=O)C(C)c3ccncc3)CC4)cc12. The average Bonchev–Trinajstić information content (AvgIpc) is 3.57. The van der Waals surface area contributed by atoms with Crippen LogP contribution in [0.2, 0.25) is 0 Å². The predicted molar refractivity (Wildman–Crippen MR) is 138 cm³/mol. The number of fused-ring (bicyclic) bond motifs is 2. The van der Waals surface area contributed by atoms with Crippen molar-refractivity contribution in [2.75, 3.05) is 13.1 Å². The molecule has 0 radical (unpaired) electrons. The summed E-state index contributed by atoms with van der Waals surface area (Å²) in [5.41, 5.74) is 9.54. The molecule has 1 saturated heterocycles. The first-order valence-corrected chi connectivity index (χ1v) is 12.6. The number of aromatic nitrogens is 3. The van der Waals surface area contributed by atoms with Crippen molar-refractivity contribution in [3.05, 3.63) is 82.9 Å². The van der Waals surface area contributed by atoms with Gasteiger partial charge in [0, 0.05) is 54.9 Å². The highest BCUT2D eigenvalue weighted by Crippen LogP contribution is 2.37. The minimum absolute atomic E-state index is 0.172. The van der Waals surface area contributed by atoms with Crippen molar-refractivity contribution in [3.8, 4) is 11.1 Å². The highest BCUT2D eigenvalue weighted by Gasteiger charge is 2.30. The highest BCUT2D eigenvalue weighted by molar-refractivity contribution is 5.85. The van der Waals surface area contributed by atoms with Crippen LogP contribution in [-0.2, 0) is 17.8 Å². The Bertz CT molecular complexity index is 1390. The van der Waals surface area contributed by atoms with E-state index in [1.54, 1.807) is 12.4 Å². The molecule has 0 spiro atoms. The van der Waals surface area contributed by atoms with E-state index >= 15 is 0 Å². The minimum atomic E-state index is -0.172. The van der Waals surface area contributed by atoms with Crippen LogP contribution >= 0.6 is 0 Å². The molecule has 2 N–H and O–H groups in total. The van der Waals surface area contributed by atoms with Crippen LogP contribution in [0, 0.1) is 6.92 Å². The third-order valence-corrected chi connectivity index (χ3v) is 7.77. The van der Waals surface area contributed by atoms with Crippen LogP contribution in [0.5, 0.6) is 0 Å². The van der Waals surface area contributed by atoms with Crippen molar-refractivity contribution in [1.82, 2.24) is 25.2 Å². The number of nitrogens with zero attached hydrogens (tertiary/aromatic N) is 3. The largest absolute Gasteiger partial charge is 0.346 e. The van der Waals surface area contributed by atoms with E-state index in [1.807, 2.05) is 36.4 Å². The second-order valence-electron chi connectivity index (χ2n) is 9.96. The molecule has 3 aromatic heterocycles. The number of aryl methyl sites for hydroxylation is 1. The third-order valence-electron chi connectivity index (χ3n) is 7.77. The first-order chi connectivity index (χ1) is 17.1. The maximum Gasteiger partial charge on any atom is 0.230 e. The monoisotopic (exact) mass is 465 g/mol. The molecule has 35 heavy (non-hydrogen) atoms. The Balaban J connectivity index is 1.36. The first kappa shape index (κ1) is 22.0. The fraction of sp³-hybridized carbons (Fsp3) is 0.345. The van der Waals surface area contributed by atoms with E-state index in [-0.39, 0.29) is 11.8 Å². The lowest BCUT2D eigenvalue weighted by Gasteiger charge is -2.34. The minimum Gasteiger partial charge on any atom is -0.346 e. The van der Waals surface area contributed by atoms with Gasteiger partial charge in [-0.3, -0.25) is 9.78 Å². The van der Waals surface area contributed by atoms with Crippen LogP contribution in [0.3, 0.4) is 0 Å². The van der Waals surface area contributed by atoms with Crippen molar-refractivity contribution in [2.24, 2.45) is 0 Å². The molecule has 6 rings (SSSR count). The summed E-state index contributed by atoms with van der Waals surface area (Å²) in [5, 5.41) is 4.87. The van der Waals surface area contributed by atoms with Crippen LogP contribution in [0.1, 0.15) is 59.5 Å². The number of pyridine rings is 2. The average molecular weight is 466 g/mol. The van der Waals surface area contributed by atoms with Gasteiger partial charge in [0.1, 0.15) is 5.65 Å². The van der Waals surface area contributed by atoms with Crippen molar-refractivity contribution in [1.29, 1.82) is 0 Å². The summed E-state index contributed by atoms with van der Waals surface area (Å²) < 4.78 is 0. The Labute approximate surface area is 205 Å². The van der Waals surface area contributed by atoms with E-state index in [4.69, 9.17) is 0 Å². The maximum absolute atomic E-state index is 13.4. The highest BCUT2D eigenvalue weighted by atomic mass is 16.2. The molecule has 0 saturated carbocycles. The Hall–Kier alpha value is -3.51. The number of rotatable bonds is 4. The van der Waals surface area contributed by atoms with Crippen molar-refractivity contribution in [2.45, 2.75) is 51.6 Å². The maximum atomic E-state index is 13.4. The van der Waals surface area contributed by atoms with E-state index in [0.29, 0.717) is 12.6 Å². The second kappa shape index (κ2) is 8.93. The smallest absolute Gasteiger partial charge is 0.230 e. The number of amides is 1. The predicted octanol–water partition coefficient (Wildman–Crippen LogP) is 5.05. The number of carbonyl (C=O) groups is 1. The normalized spacial score (nSPS) is 18.6. The fourth-order valence-corrected chi connectivity index (χ4v) is 5.67. The summed E-state index contributed by atoms with van der Waals surface area (Å²) >= 11 is 0. The second-order valence-corrected chi connectivity index (χ2v) is 9.96. The molecule has 6 heteroatoms. The van der Waals surface area contributed by atoms with Gasteiger partial charge in [-0.1, -0.05) is 6.07 Å². The van der Waals surface area contributed by atoms with Gasteiger partial charge in [0.2, 0.25) is 5.91 Å². The van der Waals surface area contributed by atoms with Gasteiger partial charge in [0.15, 0.2) is 0 Å². The molecular weight excluding hydrogens is 434 g/mol. The van der Waals surface area contributed by atoms with Gasteiger partial charge in [-0.25, -0.2) is 4.98 Å². The summed E-state index contributed by atoms with van der Waals surface area (Å²) in [6.07, 6.45) is 10.7. The van der Waals surface area contributed by atoms with Crippen LogP contribution in [-0.4, -0.2) is 38.8 Å². The summed E-state index contributed by atoms with van der Waals surface area (Å²) in [4.78, 5) is 27.5. The molecule has 0 bridgehead atoms. The number of hydrogen-bond donors (Lipinski definition) is 2. The molecule has 1 aromatic carbocycles. The summed E-state index contributed by atoms with van der Waals surface area (Å²) in [7, 11) is 0. The Morgan fingerprint density at radius 3 is 2.83 bits per heavy atom. The molecule has 0 aliphatic carbocycles. The zero-order chi connectivity index (χ0) is 23.9. The zero-order valence-corrected chi connectivity index (χ0v) is 20.3. The van der Waals surface area contributed by atoms with Gasteiger partial charge in [-0.2, -0.15) is 0 Å². The number of nitrogens with one attached hydrogen (secondary N) is 2. The number of aromatic amines is 1. The van der Waals surface area contributed by atoms with Crippen LogP contribution in [0.4, 0.5) is 0 Å². The lowest BCUT2D eigenvalue weighted by atomic mass is 9.86. The zero-order valence-electron chi connectivity index (χ0n) is 20.3. The van der Waals surface area contributed by atoms with E-state index in [2.05, 4.69) is 45.4 Å². The summed E-state index contributed by atoms with van der Waals surface area (Å²) in [6, 6.07) is 11.1. The number of carbonyl (C=O) groups excluding carboxylic acids is 1. The first-order valence-electron chi connectivity index (χ1n) is 12.6. The molecule has 2 aliphatic heterocycles. The van der Waals surface area contributed by atoms with Crippen LogP contribution in [0.15, 0.2) is 55.1 Å². The molecule has 178 valence electrons.